The lowest BCUT2D eigenvalue weighted by atomic mass is 10.0. The second-order valence-electron chi connectivity index (χ2n) is 20.2. The molecule has 0 saturated heterocycles. The molecule has 25 nitrogen and oxygen atoms in total. The maximum Gasteiger partial charge on any atom is 0.327 e. The second-order valence-corrected chi connectivity index (χ2v) is 20.9. The molecule has 0 aliphatic carbocycles. The number of aromatic amines is 1. The van der Waals surface area contributed by atoms with Crippen LogP contribution in [-0.4, -0.2) is 158 Å². The molecule has 5 rings (SSSR count). The topological polar surface area (TPSA) is 407 Å². The number of aromatic nitrogens is 1. The highest BCUT2D eigenvalue weighted by molar-refractivity contribution is 7.80. The lowest BCUT2D eigenvalue weighted by Gasteiger charge is -2.28. The first-order valence-electron chi connectivity index (χ1n) is 27.3. The van der Waals surface area contributed by atoms with E-state index in [-0.39, 0.29) is 62.3 Å². The fraction of sp³-hybridized carbons (Fsp3) is 0.379. The van der Waals surface area contributed by atoms with Crippen molar-refractivity contribution in [2.45, 2.75) is 119 Å². The van der Waals surface area contributed by atoms with Crippen molar-refractivity contribution in [3.63, 3.8) is 0 Å². The third-order valence-electron chi connectivity index (χ3n) is 13.6. The van der Waals surface area contributed by atoms with Crippen molar-refractivity contribution in [2.24, 2.45) is 11.5 Å². The second kappa shape index (κ2) is 33.6. The monoisotopic (exact) mass is 1210 g/mol. The molecule has 5 aromatic rings. The summed E-state index contributed by atoms with van der Waals surface area (Å²) in [6.07, 6.45) is 0.255. The van der Waals surface area contributed by atoms with Gasteiger partial charge in [-0.3, -0.25) is 38.4 Å². The first-order valence-corrected chi connectivity index (χ1v) is 28.6. The summed E-state index contributed by atoms with van der Waals surface area (Å²) >= 11 is 8.29. The van der Waals surface area contributed by atoms with Crippen molar-refractivity contribution >= 4 is 95.4 Å². The number of unbranched alkanes of at least 4 members (excludes halogenated alkanes) is 1. The van der Waals surface area contributed by atoms with Crippen molar-refractivity contribution in [3.8, 4) is 5.75 Å². The fourth-order valence-electron chi connectivity index (χ4n) is 8.92. The lowest BCUT2D eigenvalue weighted by molar-refractivity contribution is -0.141. The number of aliphatic hydroxyl groups excluding tert-OH is 1. The van der Waals surface area contributed by atoms with E-state index in [9.17, 15) is 63.3 Å². The van der Waals surface area contributed by atoms with E-state index in [2.05, 4.69) is 78.1 Å². The molecule has 0 saturated carbocycles. The average Bonchev–Trinajstić information content (AvgIpc) is 4.04. The fourth-order valence-corrected chi connectivity index (χ4v) is 9.43. The SMILES string of the molecule is C[C@H](NC(=O)[C@H](Cc1ccccc1)NC(=O)[C@H](CS)NC(=O)[C@H](Cc1ccc(O)cc1)NC(N)=O)C(=O)N[C@@H](Cc1c[nH]c2ccccc12)C(=O)N[C@@H](CCCCN)C(=O)N[C@H](C(=O)N[C@@H](Cc1ccccc1)C(=O)N[C@@H](CS)C(=O)O)[C@@H](C)O. The van der Waals surface area contributed by atoms with Crippen LogP contribution in [0.15, 0.2) is 115 Å². The number of nitrogens with two attached hydrogens (primary N) is 2. The van der Waals surface area contributed by atoms with Crippen molar-refractivity contribution in [1.82, 2.24) is 52.8 Å². The maximum atomic E-state index is 14.7. The Morgan fingerprint density at radius 2 is 0.929 bits per heavy atom. The third kappa shape index (κ3) is 21.2. The molecule has 0 aliphatic heterocycles. The molecular formula is C58H74N12O13S2. The normalized spacial score (nSPS) is 14.6. The van der Waals surface area contributed by atoms with Crippen molar-refractivity contribution in [1.29, 1.82) is 0 Å². The molecule has 85 heavy (non-hydrogen) atoms. The van der Waals surface area contributed by atoms with Crippen molar-refractivity contribution < 1.29 is 63.3 Å². The summed E-state index contributed by atoms with van der Waals surface area (Å²) in [5, 5.41) is 53.9. The molecule has 4 aromatic carbocycles. The summed E-state index contributed by atoms with van der Waals surface area (Å²) in [5.41, 5.74) is 14.2. The van der Waals surface area contributed by atoms with E-state index in [1.54, 1.807) is 91.1 Å². The van der Waals surface area contributed by atoms with Gasteiger partial charge in [0.15, 0.2) is 0 Å². The zero-order chi connectivity index (χ0) is 62.2. The number of phenolic OH excluding ortho intramolecular Hbond substituents is 1. The van der Waals surface area contributed by atoms with E-state index in [4.69, 9.17) is 11.5 Å². The summed E-state index contributed by atoms with van der Waals surface area (Å²) < 4.78 is 0. The minimum Gasteiger partial charge on any atom is -0.508 e. The highest BCUT2D eigenvalue weighted by atomic mass is 32.1. The molecule has 456 valence electrons. The number of rotatable bonds is 33. The van der Waals surface area contributed by atoms with Crippen molar-refractivity contribution in [3.05, 3.63) is 138 Å². The standard InChI is InChI=1S/C58H74N12O13S2/c1-32(62-51(75)42(25-34-13-5-3-6-14-34)65-55(79)46(30-84)67-53(77)44(69-58(60)83)27-36-20-22-38(72)23-21-36)49(73)64-45(28-37-29-61-40-18-10-9-17-39(37)40)54(78)63-41(19-11-12-24-59)50(74)70-48(33(2)71)56(80)66-43(26-35-15-7-4-8-16-35)52(76)68-47(31-85)57(81)82/h3-10,13-18,20-23,29,32-33,41-48,61,71-72,84-85H,11-12,19,24-28,30-31,59H2,1-2H3,(H,62,75)(H,63,78)(H,64,73)(H,65,79)(H,66,80)(H,67,77)(H,68,76)(H,70,74)(H,81,82)(H3,60,69,83)/t32-,33+,41-,42-,43-,44-,45-,46-,47-,48-/m0/s1. The molecule has 10 atom stereocenters. The molecule has 0 fully saturated rings. The number of aromatic hydroxyl groups is 1. The molecule has 0 bridgehead atoms. The van der Waals surface area contributed by atoms with Crippen molar-refractivity contribution in [2.75, 3.05) is 18.1 Å². The Morgan fingerprint density at radius 1 is 0.494 bits per heavy atom. The van der Waals surface area contributed by atoms with Crippen LogP contribution in [-0.2, 0) is 68.8 Å². The first kappa shape index (κ1) is 67.1. The Balaban J connectivity index is 1.36. The Bertz CT molecular complexity index is 3080. The molecule has 1 heterocycles. The van der Waals surface area contributed by atoms with Crippen LogP contribution in [0.5, 0.6) is 5.75 Å². The number of H-pyrrole nitrogens is 1. The largest absolute Gasteiger partial charge is 0.508 e. The van der Waals surface area contributed by atoms with Gasteiger partial charge in [-0.25, -0.2) is 9.59 Å². The molecule has 0 unspecified atom stereocenters. The van der Waals surface area contributed by atoms with Gasteiger partial charge in [0.25, 0.3) is 0 Å². The Kier molecular flexibility index (Phi) is 26.5. The van der Waals surface area contributed by atoms with Crippen LogP contribution in [0, 0.1) is 0 Å². The third-order valence-corrected chi connectivity index (χ3v) is 14.3. The predicted molar refractivity (Wildman–Crippen MR) is 322 cm³/mol. The zero-order valence-electron chi connectivity index (χ0n) is 46.8. The molecule has 17 N–H and O–H groups in total. The molecular weight excluding hydrogens is 1140 g/mol. The number of thiol groups is 2. The number of aliphatic hydroxyl groups is 1. The Labute approximate surface area is 501 Å². The van der Waals surface area contributed by atoms with Crippen LogP contribution in [0.3, 0.4) is 0 Å². The molecule has 0 spiro atoms. The lowest BCUT2D eigenvalue weighted by Crippen LogP contribution is -2.62. The molecule has 0 radical (unpaired) electrons. The zero-order valence-corrected chi connectivity index (χ0v) is 48.6. The van der Waals surface area contributed by atoms with E-state index in [0.717, 1.165) is 0 Å². The number of hydrogen-bond donors (Lipinski definition) is 17. The van der Waals surface area contributed by atoms with Crippen LogP contribution in [0.25, 0.3) is 10.9 Å². The number of primary amides is 1. The summed E-state index contributed by atoms with van der Waals surface area (Å²) in [4.78, 5) is 140. The number of carboxylic acid groups (broad SMARTS) is 1. The summed E-state index contributed by atoms with van der Waals surface area (Å²) in [6, 6.07) is 16.2. The van der Waals surface area contributed by atoms with Crippen LogP contribution >= 0.6 is 25.3 Å². The number of aliphatic carboxylic acids is 1. The predicted octanol–water partition coefficient (Wildman–Crippen LogP) is -0.467. The van der Waals surface area contributed by atoms with Gasteiger partial charge in [0.2, 0.25) is 47.3 Å². The number of carbonyl (C=O) groups excluding carboxylic acids is 9. The number of fused-ring (bicyclic) bond motifs is 1. The average molecular weight is 1210 g/mol. The van der Waals surface area contributed by atoms with E-state index in [1.165, 1.54) is 38.1 Å². The van der Waals surface area contributed by atoms with Crippen LogP contribution in [0.1, 0.15) is 55.4 Å². The molecule has 0 aliphatic rings. The van der Waals surface area contributed by atoms with Gasteiger partial charge in [-0.15, -0.1) is 0 Å². The minimum absolute atomic E-state index is 0.0294. The van der Waals surface area contributed by atoms with Gasteiger partial charge in [0.05, 0.1) is 6.10 Å². The smallest absolute Gasteiger partial charge is 0.327 e. The van der Waals surface area contributed by atoms with E-state index in [0.29, 0.717) is 39.6 Å². The first-order chi connectivity index (χ1) is 40.6. The van der Waals surface area contributed by atoms with E-state index >= 15 is 0 Å². The number of carbonyl (C=O) groups is 10. The van der Waals surface area contributed by atoms with Gasteiger partial charge in [-0.1, -0.05) is 91.0 Å². The number of para-hydroxylation sites is 1. The number of carboxylic acids is 1. The highest BCUT2D eigenvalue weighted by Crippen LogP contribution is 2.20. The van der Waals surface area contributed by atoms with Gasteiger partial charge in [-0.2, -0.15) is 25.3 Å². The minimum atomic E-state index is -1.72. The van der Waals surface area contributed by atoms with Gasteiger partial charge in [0, 0.05) is 54.3 Å². The van der Waals surface area contributed by atoms with E-state index in [1.807, 2.05) is 0 Å². The number of nitrogens with one attached hydrogen (secondary N) is 10. The number of urea groups is 1. The Hall–Kier alpha value is -8.66. The molecule has 1 aromatic heterocycles. The van der Waals surface area contributed by atoms with E-state index < -0.39 is 120 Å². The van der Waals surface area contributed by atoms with Gasteiger partial charge in [-0.05, 0) is 80.1 Å². The number of phenols is 1. The summed E-state index contributed by atoms with van der Waals surface area (Å²) in [7, 11) is 0. The van der Waals surface area contributed by atoms with Crippen LogP contribution < -0.4 is 59.3 Å². The number of amides is 10. The summed E-state index contributed by atoms with van der Waals surface area (Å²) in [6.45, 7) is 2.77. The Morgan fingerprint density at radius 3 is 1.46 bits per heavy atom. The van der Waals surface area contributed by atoms with Crippen LogP contribution in [0.2, 0.25) is 0 Å². The van der Waals surface area contributed by atoms with Gasteiger partial charge < -0.3 is 79.6 Å². The van der Waals surface area contributed by atoms with Crippen LogP contribution in [0.4, 0.5) is 4.79 Å². The summed E-state index contributed by atoms with van der Waals surface area (Å²) in [5.74, 6) is -9.02. The molecule has 10 amide bonds. The number of hydrogen-bond acceptors (Lipinski definition) is 15. The van der Waals surface area contributed by atoms with Gasteiger partial charge in [0.1, 0.15) is 60.1 Å². The quantitative estimate of drug-likeness (QED) is 0.0187. The van der Waals surface area contributed by atoms with Gasteiger partial charge >= 0.3 is 12.0 Å². The number of benzene rings is 4. The highest BCUT2D eigenvalue weighted by Gasteiger charge is 2.36. The maximum absolute atomic E-state index is 14.7. The molecule has 27 heteroatoms.